The number of carbonyl (C=O) groups is 1. The molecule has 0 saturated carbocycles. The van der Waals surface area contributed by atoms with Crippen LogP contribution in [0.2, 0.25) is 0 Å². The zero-order valence-corrected chi connectivity index (χ0v) is 13.9. The number of hydrogen-bond donors (Lipinski definition) is 0. The Morgan fingerprint density at radius 2 is 1.83 bits per heavy atom. The molecule has 0 radical (unpaired) electrons. The van der Waals surface area contributed by atoms with Crippen LogP contribution >= 0.6 is 15.9 Å². The molecule has 0 bridgehead atoms. The summed E-state index contributed by atoms with van der Waals surface area (Å²) in [4.78, 5) is 21.2. The third-order valence-corrected chi connectivity index (χ3v) is 3.72. The molecule has 0 unspecified atom stereocenters. The third kappa shape index (κ3) is 4.29. The fourth-order valence-electron chi connectivity index (χ4n) is 1.90. The quantitative estimate of drug-likeness (QED) is 0.410. The van der Waals surface area contributed by atoms with Gasteiger partial charge in [0.15, 0.2) is 17.8 Å². The van der Waals surface area contributed by atoms with Gasteiger partial charge in [0.25, 0.3) is 5.69 Å². The van der Waals surface area contributed by atoms with Crippen molar-refractivity contribution >= 4 is 27.9 Å². The molecule has 0 spiro atoms. The van der Waals surface area contributed by atoms with Crippen molar-refractivity contribution < 1.29 is 19.2 Å². The second-order valence-electron chi connectivity index (χ2n) is 4.58. The number of hydrogen-bond acceptors (Lipinski definition) is 5. The van der Waals surface area contributed by atoms with E-state index in [2.05, 4.69) is 15.9 Å². The Hall–Kier alpha value is -2.41. The summed E-state index contributed by atoms with van der Waals surface area (Å²) < 4.78 is 11.8. The molecule has 0 heterocycles. The zero-order valence-electron chi connectivity index (χ0n) is 12.3. The highest BCUT2D eigenvalue weighted by Crippen LogP contribution is 2.33. The molecule has 120 valence electrons. The molecule has 0 aliphatic carbocycles. The van der Waals surface area contributed by atoms with Crippen molar-refractivity contribution in [2.45, 2.75) is 13.5 Å². The average Bonchev–Trinajstić information content (AvgIpc) is 2.55. The molecule has 2 aromatic carbocycles. The van der Waals surface area contributed by atoms with Gasteiger partial charge in [-0.1, -0.05) is 0 Å². The molecule has 0 N–H and O–H groups in total. The number of rotatable bonds is 7. The van der Waals surface area contributed by atoms with Gasteiger partial charge in [0, 0.05) is 22.2 Å². The Bertz CT molecular complexity index is 715. The predicted octanol–water partition coefficient (Wildman–Crippen LogP) is 4.15. The van der Waals surface area contributed by atoms with Crippen molar-refractivity contribution in [1.29, 1.82) is 0 Å². The number of non-ortho nitro benzene ring substituents is 1. The number of benzene rings is 2. The fourth-order valence-corrected chi connectivity index (χ4v) is 2.31. The lowest BCUT2D eigenvalue weighted by Crippen LogP contribution is -2.01. The first-order valence-electron chi connectivity index (χ1n) is 6.82. The second-order valence-corrected chi connectivity index (χ2v) is 5.44. The zero-order chi connectivity index (χ0) is 16.8. The Kier molecular flexibility index (Phi) is 5.70. The van der Waals surface area contributed by atoms with Crippen LogP contribution in [0.4, 0.5) is 5.69 Å². The van der Waals surface area contributed by atoms with Gasteiger partial charge in [-0.15, -0.1) is 0 Å². The van der Waals surface area contributed by atoms with E-state index in [0.29, 0.717) is 28.1 Å². The van der Waals surface area contributed by atoms with Crippen molar-refractivity contribution in [2.24, 2.45) is 0 Å². The molecule has 7 heteroatoms. The van der Waals surface area contributed by atoms with E-state index < -0.39 is 4.92 Å². The first kappa shape index (κ1) is 17.0. The molecular weight excluding hydrogens is 366 g/mol. The van der Waals surface area contributed by atoms with Crippen LogP contribution in [-0.4, -0.2) is 17.8 Å². The van der Waals surface area contributed by atoms with Gasteiger partial charge in [0.2, 0.25) is 0 Å². The van der Waals surface area contributed by atoms with E-state index in [1.165, 1.54) is 12.1 Å². The van der Waals surface area contributed by atoms with E-state index >= 15 is 0 Å². The summed E-state index contributed by atoms with van der Waals surface area (Å²) in [6.45, 7) is 2.50. The van der Waals surface area contributed by atoms with Crippen LogP contribution in [0.5, 0.6) is 11.5 Å². The normalized spacial score (nSPS) is 10.2. The van der Waals surface area contributed by atoms with E-state index in [-0.39, 0.29) is 12.3 Å². The minimum atomic E-state index is -0.451. The molecule has 0 aliphatic heterocycles. The van der Waals surface area contributed by atoms with E-state index in [0.717, 1.165) is 11.8 Å². The summed E-state index contributed by atoms with van der Waals surface area (Å²) in [5.74, 6) is 0.961. The first-order chi connectivity index (χ1) is 11.0. The molecular formula is C16H14BrNO5. The SMILES string of the molecule is CCOc1cc(C=O)c(Br)cc1OCc1ccc([N+](=O)[O-])cc1. The second kappa shape index (κ2) is 7.73. The van der Waals surface area contributed by atoms with E-state index in [1.54, 1.807) is 24.3 Å². The maximum atomic E-state index is 11.0. The lowest BCUT2D eigenvalue weighted by atomic mass is 10.2. The van der Waals surface area contributed by atoms with Crippen LogP contribution in [0.3, 0.4) is 0 Å². The van der Waals surface area contributed by atoms with Gasteiger partial charge in [0.05, 0.1) is 11.5 Å². The summed E-state index contributed by atoms with van der Waals surface area (Å²) in [6, 6.07) is 9.38. The highest BCUT2D eigenvalue weighted by Gasteiger charge is 2.11. The molecule has 6 nitrogen and oxygen atoms in total. The van der Waals surface area contributed by atoms with Gasteiger partial charge in [-0.25, -0.2) is 0 Å². The van der Waals surface area contributed by atoms with E-state index in [1.807, 2.05) is 6.92 Å². The monoisotopic (exact) mass is 379 g/mol. The van der Waals surface area contributed by atoms with Crippen molar-refractivity contribution in [3.63, 3.8) is 0 Å². The van der Waals surface area contributed by atoms with Crippen LogP contribution in [0.15, 0.2) is 40.9 Å². The highest BCUT2D eigenvalue weighted by atomic mass is 79.9. The maximum Gasteiger partial charge on any atom is 0.269 e. The van der Waals surface area contributed by atoms with Crippen LogP contribution in [-0.2, 0) is 6.61 Å². The van der Waals surface area contributed by atoms with Gasteiger partial charge < -0.3 is 9.47 Å². The third-order valence-electron chi connectivity index (χ3n) is 3.03. The number of ether oxygens (including phenoxy) is 2. The largest absolute Gasteiger partial charge is 0.490 e. The molecule has 2 rings (SSSR count). The van der Waals surface area contributed by atoms with Gasteiger partial charge in [-0.05, 0) is 52.7 Å². The standard InChI is InChI=1S/C16H14BrNO5/c1-2-22-15-7-12(9-19)14(17)8-16(15)23-10-11-3-5-13(6-4-11)18(20)21/h3-9H,2,10H2,1H3. The first-order valence-corrected chi connectivity index (χ1v) is 7.62. The smallest absolute Gasteiger partial charge is 0.269 e. The number of halogens is 1. The molecule has 0 atom stereocenters. The molecule has 0 aliphatic rings. The van der Waals surface area contributed by atoms with Gasteiger partial charge >= 0.3 is 0 Å². The summed E-state index contributed by atoms with van der Waals surface area (Å²) in [6.07, 6.45) is 0.729. The van der Waals surface area contributed by atoms with Crippen LogP contribution < -0.4 is 9.47 Å². The number of nitrogens with zero attached hydrogens (tertiary/aromatic N) is 1. The van der Waals surface area contributed by atoms with Crippen LogP contribution in [0, 0.1) is 10.1 Å². The van der Waals surface area contributed by atoms with Crippen molar-refractivity contribution in [2.75, 3.05) is 6.61 Å². The molecule has 2 aromatic rings. The van der Waals surface area contributed by atoms with Crippen LogP contribution in [0.25, 0.3) is 0 Å². The lowest BCUT2D eigenvalue weighted by molar-refractivity contribution is -0.384. The summed E-state index contributed by atoms with van der Waals surface area (Å²) >= 11 is 3.30. The Labute approximate surface area is 141 Å². The topological polar surface area (TPSA) is 78.7 Å². The summed E-state index contributed by atoms with van der Waals surface area (Å²) in [7, 11) is 0. The van der Waals surface area contributed by atoms with E-state index in [4.69, 9.17) is 9.47 Å². The van der Waals surface area contributed by atoms with Gasteiger partial charge in [0.1, 0.15) is 6.61 Å². The van der Waals surface area contributed by atoms with Crippen LogP contribution in [0.1, 0.15) is 22.8 Å². The summed E-state index contributed by atoms with van der Waals surface area (Å²) in [5.41, 5.74) is 1.28. The number of nitro groups is 1. The van der Waals surface area contributed by atoms with Gasteiger partial charge in [-0.2, -0.15) is 0 Å². The molecule has 0 fully saturated rings. The van der Waals surface area contributed by atoms with Gasteiger partial charge in [-0.3, -0.25) is 14.9 Å². The minimum Gasteiger partial charge on any atom is -0.490 e. The minimum absolute atomic E-state index is 0.0295. The predicted molar refractivity (Wildman–Crippen MR) is 88.1 cm³/mol. The van der Waals surface area contributed by atoms with Crippen molar-refractivity contribution in [3.8, 4) is 11.5 Å². The number of aldehydes is 1. The van der Waals surface area contributed by atoms with Crippen molar-refractivity contribution in [1.82, 2.24) is 0 Å². The summed E-state index contributed by atoms with van der Waals surface area (Å²) in [5, 5.41) is 10.6. The molecule has 0 saturated heterocycles. The highest BCUT2D eigenvalue weighted by molar-refractivity contribution is 9.10. The molecule has 0 aromatic heterocycles. The molecule has 23 heavy (non-hydrogen) atoms. The Balaban J connectivity index is 2.17. The Morgan fingerprint density at radius 1 is 1.17 bits per heavy atom. The lowest BCUT2D eigenvalue weighted by Gasteiger charge is -2.13. The van der Waals surface area contributed by atoms with E-state index in [9.17, 15) is 14.9 Å². The number of carbonyl (C=O) groups excluding carboxylic acids is 1. The van der Waals surface area contributed by atoms with Crippen molar-refractivity contribution in [3.05, 3.63) is 62.1 Å². The Morgan fingerprint density at radius 3 is 2.39 bits per heavy atom. The fraction of sp³-hybridized carbons (Fsp3) is 0.188. The maximum absolute atomic E-state index is 11.0. The average molecular weight is 380 g/mol. The molecule has 0 amide bonds. The number of nitro benzene ring substituents is 1.